The number of nitrogens with two attached hydrogens (primary N) is 1. The molecular weight excluding hydrogens is 321 g/mol. The molecular formula is C15H19BrFN3. The first-order valence-electron chi connectivity index (χ1n) is 6.67. The predicted molar refractivity (Wildman–Crippen MR) is 82.1 cm³/mol. The highest BCUT2D eigenvalue weighted by atomic mass is 79.9. The molecule has 5 heteroatoms. The minimum atomic E-state index is -0.250. The summed E-state index contributed by atoms with van der Waals surface area (Å²) >= 11 is 3.56. The van der Waals surface area contributed by atoms with Crippen molar-refractivity contribution in [2.45, 2.75) is 39.8 Å². The van der Waals surface area contributed by atoms with Crippen molar-refractivity contribution in [2.75, 3.05) is 0 Å². The number of hydrogen-bond donors (Lipinski definition) is 1. The maximum Gasteiger partial charge on any atom is 0.123 e. The molecule has 0 fully saturated rings. The summed E-state index contributed by atoms with van der Waals surface area (Å²) in [5.41, 5.74) is 10.1. The van der Waals surface area contributed by atoms with Crippen molar-refractivity contribution in [1.82, 2.24) is 9.78 Å². The Labute approximate surface area is 127 Å². The van der Waals surface area contributed by atoms with Gasteiger partial charge in [-0.15, -0.1) is 0 Å². The van der Waals surface area contributed by atoms with Crippen LogP contribution in [0.3, 0.4) is 0 Å². The number of aryl methyl sites for hydroxylation is 3. The molecule has 2 N–H and O–H groups in total. The predicted octanol–water partition coefficient (Wildman–Crippen LogP) is 3.66. The average molecular weight is 340 g/mol. The standard InChI is InChI=1S/C15H19BrFN3/c1-4-20-14(15(16)10(3)19-20)8-13(18)12-7-11(17)6-5-9(12)2/h5-7,13H,4,8,18H2,1-3H3. The third kappa shape index (κ3) is 2.94. The lowest BCUT2D eigenvalue weighted by atomic mass is 9.98. The van der Waals surface area contributed by atoms with Gasteiger partial charge in [-0.2, -0.15) is 5.10 Å². The van der Waals surface area contributed by atoms with Gasteiger partial charge in [0.05, 0.1) is 15.9 Å². The monoisotopic (exact) mass is 339 g/mol. The molecule has 0 radical (unpaired) electrons. The molecule has 1 atom stereocenters. The van der Waals surface area contributed by atoms with Gasteiger partial charge < -0.3 is 5.73 Å². The molecule has 0 amide bonds. The molecule has 2 aromatic rings. The lowest BCUT2D eigenvalue weighted by Crippen LogP contribution is -2.17. The second-order valence-electron chi connectivity index (χ2n) is 4.97. The summed E-state index contributed by atoms with van der Waals surface area (Å²) in [6.07, 6.45) is 0.625. The Kier molecular flexibility index (Phi) is 4.60. The number of nitrogens with zero attached hydrogens (tertiary/aromatic N) is 2. The molecule has 0 aliphatic heterocycles. The van der Waals surface area contributed by atoms with Gasteiger partial charge in [0.2, 0.25) is 0 Å². The topological polar surface area (TPSA) is 43.8 Å². The maximum absolute atomic E-state index is 13.4. The van der Waals surface area contributed by atoms with E-state index in [9.17, 15) is 4.39 Å². The van der Waals surface area contributed by atoms with Gasteiger partial charge in [0.1, 0.15) is 5.82 Å². The lowest BCUT2D eigenvalue weighted by Gasteiger charge is -2.16. The molecule has 1 aromatic carbocycles. The Balaban J connectivity index is 2.32. The third-order valence-electron chi connectivity index (χ3n) is 3.51. The van der Waals surface area contributed by atoms with Crippen LogP contribution in [0.4, 0.5) is 4.39 Å². The Morgan fingerprint density at radius 3 is 2.75 bits per heavy atom. The van der Waals surface area contributed by atoms with E-state index in [0.717, 1.165) is 33.5 Å². The molecule has 0 spiro atoms. The molecule has 1 aromatic heterocycles. The van der Waals surface area contributed by atoms with Gasteiger partial charge >= 0.3 is 0 Å². The van der Waals surface area contributed by atoms with E-state index < -0.39 is 0 Å². The summed E-state index contributed by atoms with van der Waals surface area (Å²) in [6.45, 7) is 6.74. The second kappa shape index (κ2) is 6.06. The van der Waals surface area contributed by atoms with E-state index in [1.54, 1.807) is 6.07 Å². The largest absolute Gasteiger partial charge is 0.324 e. The van der Waals surface area contributed by atoms with Crippen molar-refractivity contribution in [3.05, 3.63) is 51.0 Å². The zero-order chi connectivity index (χ0) is 14.9. The summed E-state index contributed by atoms with van der Waals surface area (Å²) in [4.78, 5) is 0. The third-order valence-corrected chi connectivity index (χ3v) is 4.54. The van der Waals surface area contributed by atoms with Crippen molar-refractivity contribution in [2.24, 2.45) is 5.73 Å². The Bertz CT molecular complexity index is 622. The molecule has 0 bridgehead atoms. The van der Waals surface area contributed by atoms with Gasteiger partial charge in [-0.25, -0.2) is 4.39 Å². The van der Waals surface area contributed by atoms with E-state index in [1.165, 1.54) is 12.1 Å². The first-order valence-corrected chi connectivity index (χ1v) is 7.46. The van der Waals surface area contributed by atoms with E-state index in [1.807, 2.05) is 25.5 Å². The Morgan fingerprint density at radius 1 is 1.40 bits per heavy atom. The van der Waals surface area contributed by atoms with Gasteiger partial charge in [0.25, 0.3) is 0 Å². The van der Waals surface area contributed by atoms with Gasteiger partial charge in [-0.3, -0.25) is 4.68 Å². The van der Waals surface area contributed by atoms with Crippen molar-refractivity contribution in [3.63, 3.8) is 0 Å². The number of aromatic nitrogens is 2. The number of hydrogen-bond acceptors (Lipinski definition) is 2. The highest BCUT2D eigenvalue weighted by Crippen LogP contribution is 2.27. The van der Waals surface area contributed by atoms with Crippen LogP contribution in [-0.2, 0) is 13.0 Å². The molecule has 20 heavy (non-hydrogen) atoms. The number of rotatable bonds is 4. The van der Waals surface area contributed by atoms with Crippen molar-refractivity contribution in [1.29, 1.82) is 0 Å². The zero-order valence-corrected chi connectivity index (χ0v) is 13.5. The number of halogens is 2. The quantitative estimate of drug-likeness (QED) is 0.923. The highest BCUT2D eigenvalue weighted by molar-refractivity contribution is 9.10. The normalized spacial score (nSPS) is 12.7. The summed E-state index contributed by atoms with van der Waals surface area (Å²) in [5.74, 6) is -0.250. The van der Waals surface area contributed by atoms with Crippen LogP contribution in [0.2, 0.25) is 0 Å². The molecule has 108 valence electrons. The molecule has 0 aliphatic rings. The van der Waals surface area contributed by atoms with Crippen LogP contribution in [0, 0.1) is 19.7 Å². The fourth-order valence-corrected chi connectivity index (χ4v) is 2.84. The zero-order valence-electron chi connectivity index (χ0n) is 12.0. The van der Waals surface area contributed by atoms with Crippen LogP contribution in [0.5, 0.6) is 0 Å². The Hall–Kier alpha value is -1.20. The van der Waals surface area contributed by atoms with Gasteiger partial charge in [-0.05, 0) is 60.0 Å². The molecule has 0 aliphatic carbocycles. The molecule has 0 saturated heterocycles. The van der Waals surface area contributed by atoms with E-state index in [2.05, 4.69) is 21.0 Å². The minimum Gasteiger partial charge on any atom is -0.324 e. The van der Waals surface area contributed by atoms with E-state index in [-0.39, 0.29) is 11.9 Å². The van der Waals surface area contributed by atoms with Crippen LogP contribution < -0.4 is 5.73 Å². The number of benzene rings is 1. The summed E-state index contributed by atoms with van der Waals surface area (Å²) in [6, 6.07) is 4.50. The minimum absolute atomic E-state index is 0.247. The highest BCUT2D eigenvalue weighted by Gasteiger charge is 2.18. The van der Waals surface area contributed by atoms with Gasteiger partial charge in [-0.1, -0.05) is 6.07 Å². The summed E-state index contributed by atoms with van der Waals surface area (Å²) < 4.78 is 16.3. The van der Waals surface area contributed by atoms with E-state index in [4.69, 9.17) is 5.73 Å². The van der Waals surface area contributed by atoms with Crippen LogP contribution in [-0.4, -0.2) is 9.78 Å². The Morgan fingerprint density at radius 2 is 2.10 bits per heavy atom. The van der Waals surface area contributed by atoms with Gasteiger partial charge in [0, 0.05) is 19.0 Å². The fourth-order valence-electron chi connectivity index (χ4n) is 2.39. The van der Waals surface area contributed by atoms with Gasteiger partial charge in [0.15, 0.2) is 0 Å². The van der Waals surface area contributed by atoms with Crippen molar-refractivity contribution >= 4 is 15.9 Å². The van der Waals surface area contributed by atoms with Crippen molar-refractivity contribution < 1.29 is 4.39 Å². The summed E-state index contributed by atoms with van der Waals surface area (Å²) in [7, 11) is 0. The molecule has 3 nitrogen and oxygen atoms in total. The first kappa shape index (κ1) is 15.2. The van der Waals surface area contributed by atoms with Crippen LogP contribution in [0.1, 0.15) is 35.5 Å². The van der Waals surface area contributed by atoms with Crippen molar-refractivity contribution in [3.8, 4) is 0 Å². The van der Waals surface area contributed by atoms with E-state index >= 15 is 0 Å². The lowest BCUT2D eigenvalue weighted by molar-refractivity contribution is 0.580. The van der Waals surface area contributed by atoms with E-state index in [0.29, 0.717) is 6.42 Å². The SMILES string of the molecule is CCn1nc(C)c(Br)c1CC(N)c1cc(F)ccc1C. The van der Waals surface area contributed by atoms with Crippen LogP contribution in [0.25, 0.3) is 0 Å². The molecule has 0 saturated carbocycles. The smallest absolute Gasteiger partial charge is 0.123 e. The fraction of sp³-hybridized carbons (Fsp3) is 0.400. The summed E-state index contributed by atoms with van der Waals surface area (Å²) in [5, 5.41) is 4.46. The maximum atomic E-state index is 13.4. The molecule has 1 unspecified atom stereocenters. The van der Waals surface area contributed by atoms with Crippen LogP contribution in [0.15, 0.2) is 22.7 Å². The molecule has 2 rings (SSSR count). The van der Waals surface area contributed by atoms with Crippen LogP contribution >= 0.6 is 15.9 Å². The second-order valence-corrected chi connectivity index (χ2v) is 5.77. The average Bonchev–Trinajstić information content (AvgIpc) is 2.69. The first-order chi connectivity index (χ1) is 9.43. The molecule has 1 heterocycles.